The number of hydrogen-bond acceptors (Lipinski definition) is 3. The minimum atomic E-state index is -0.788. The molecule has 1 unspecified atom stereocenters. The maximum atomic E-state index is 13.6. The van der Waals surface area contributed by atoms with Crippen LogP contribution in [0.4, 0.5) is 8.78 Å². The van der Waals surface area contributed by atoms with E-state index < -0.39 is 23.0 Å². The second-order valence-corrected chi connectivity index (χ2v) is 5.64. The van der Waals surface area contributed by atoms with Gasteiger partial charge in [-0.15, -0.1) is 0 Å². The first kappa shape index (κ1) is 16.0. The number of ketones is 1. The predicted molar refractivity (Wildman–Crippen MR) is 78.5 cm³/mol. The fourth-order valence-corrected chi connectivity index (χ4v) is 3.03. The molecule has 5 heteroatoms. The number of nitrogens with zero attached hydrogens (tertiary/aromatic N) is 2. The summed E-state index contributed by atoms with van der Waals surface area (Å²) in [5, 5.41) is 0. The van der Waals surface area contributed by atoms with Gasteiger partial charge < -0.3 is 0 Å². The van der Waals surface area contributed by atoms with Crippen molar-refractivity contribution in [3.8, 4) is 0 Å². The van der Waals surface area contributed by atoms with Gasteiger partial charge in [0.2, 0.25) is 0 Å². The van der Waals surface area contributed by atoms with Crippen LogP contribution in [-0.2, 0) is 0 Å². The number of rotatable bonds is 6. The van der Waals surface area contributed by atoms with Gasteiger partial charge in [0, 0.05) is 12.6 Å². The maximum Gasteiger partial charge on any atom is 0.182 e. The molecule has 0 bridgehead atoms. The lowest BCUT2D eigenvalue weighted by Crippen LogP contribution is -2.40. The zero-order chi connectivity index (χ0) is 15.4. The normalized spacial score (nSPS) is 19.4. The van der Waals surface area contributed by atoms with E-state index in [1.54, 1.807) is 0 Å². The van der Waals surface area contributed by atoms with Crippen molar-refractivity contribution in [2.75, 3.05) is 33.2 Å². The van der Waals surface area contributed by atoms with Crippen molar-refractivity contribution in [2.45, 2.75) is 25.8 Å². The van der Waals surface area contributed by atoms with Crippen molar-refractivity contribution in [3.63, 3.8) is 0 Å². The first-order valence-corrected chi connectivity index (χ1v) is 7.42. The third-order valence-corrected chi connectivity index (χ3v) is 4.08. The summed E-state index contributed by atoms with van der Waals surface area (Å²) in [7, 11) is 1.82. The van der Waals surface area contributed by atoms with E-state index in [1.165, 1.54) is 12.5 Å². The summed E-state index contributed by atoms with van der Waals surface area (Å²) in [5.74, 6) is -2.08. The van der Waals surface area contributed by atoms with Crippen molar-refractivity contribution >= 4 is 5.78 Å². The summed E-state index contributed by atoms with van der Waals surface area (Å²) >= 11 is 0. The number of likely N-dealkylation sites (N-methyl/N-ethyl adjacent to an activating group) is 2. The molecule has 0 radical (unpaired) electrons. The summed E-state index contributed by atoms with van der Waals surface area (Å²) in [4.78, 5) is 16.3. The van der Waals surface area contributed by atoms with Crippen LogP contribution in [0.3, 0.4) is 0 Å². The van der Waals surface area contributed by atoms with Crippen LogP contribution in [0.15, 0.2) is 18.2 Å². The van der Waals surface area contributed by atoms with E-state index in [0.29, 0.717) is 6.04 Å². The number of Topliss-reactive ketones (excluding diaryl/α,β-unsaturated/α-hetero) is 1. The third-order valence-electron chi connectivity index (χ3n) is 4.08. The van der Waals surface area contributed by atoms with Gasteiger partial charge in [-0.25, -0.2) is 8.78 Å². The lowest BCUT2D eigenvalue weighted by molar-refractivity contribution is 0.0921. The number of carbonyl (C=O) groups is 1. The van der Waals surface area contributed by atoms with E-state index in [-0.39, 0.29) is 6.54 Å². The molecule has 0 aromatic heterocycles. The number of hydrogen-bond donors (Lipinski definition) is 0. The molecule has 1 aliphatic rings. The first-order chi connectivity index (χ1) is 10.0. The number of benzene rings is 1. The minimum absolute atomic E-state index is 0.0336. The number of likely N-dealkylation sites (tertiary alicyclic amines) is 1. The molecule has 1 saturated heterocycles. The average molecular weight is 296 g/mol. The average Bonchev–Trinajstić information content (AvgIpc) is 2.85. The van der Waals surface area contributed by atoms with Crippen LogP contribution in [0.25, 0.3) is 0 Å². The lowest BCUT2D eigenvalue weighted by atomic mass is 10.1. The van der Waals surface area contributed by atoms with Crippen molar-refractivity contribution in [1.29, 1.82) is 0 Å². The van der Waals surface area contributed by atoms with Crippen LogP contribution in [0.1, 0.15) is 30.1 Å². The highest BCUT2D eigenvalue weighted by Gasteiger charge is 2.25. The summed E-state index contributed by atoms with van der Waals surface area (Å²) in [6.45, 7) is 4.99. The third kappa shape index (κ3) is 3.86. The second-order valence-electron chi connectivity index (χ2n) is 5.64. The molecule has 1 heterocycles. The van der Waals surface area contributed by atoms with Gasteiger partial charge in [-0.1, -0.05) is 13.0 Å². The summed E-state index contributed by atoms with van der Waals surface area (Å²) in [6, 6.07) is 3.93. The molecular weight excluding hydrogens is 274 g/mol. The Morgan fingerprint density at radius 3 is 2.67 bits per heavy atom. The molecule has 21 heavy (non-hydrogen) atoms. The van der Waals surface area contributed by atoms with Crippen LogP contribution in [0.5, 0.6) is 0 Å². The van der Waals surface area contributed by atoms with E-state index in [0.717, 1.165) is 38.2 Å². The van der Waals surface area contributed by atoms with Gasteiger partial charge in [-0.05, 0) is 45.1 Å². The lowest BCUT2D eigenvalue weighted by Gasteiger charge is -2.27. The van der Waals surface area contributed by atoms with E-state index in [2.05, 4.69) is 11.8 Å². The van der Waals surface area contributed by atoms with E-state index >= 15 is 0 Å². The van der Waals surface area contributed by atoms with Gasteiger partial charge in [0.1, 0.15) is 11.6 Å². The quantitative estimate of drug-likeness (QED) is 0.754. The molecule has 116 valence electrons. The van der Waals surface area contributed by atoms with E-state index in [1.807, 2.05) is 11.9 Å². The summed E-state index contributed by atoms with van der Waals surface area (Å²) in [6.07, 6.45) is 2.28. The van der Waals surface area contributed by atoms with Crippen LogP contribution in [0, 0.1) is 11.6 Å². The molecule has 1 aromatic rings. The van der Waals surface area contributed by atoms with Gasteiger partial charge in [-0.3, -0.25) is 14.6 Å². The summed E-state index contributed by atoms with van der Waals surface area (Å²) < 4.78 is 27.2. The van der Waals surface area contributed by atoms with Crippen molar-refractivity contribution in [3.05, 3.63) is 35.4 Å². The van der Waals surface area contributed by atoms with Gasteiger partial charge >= 0.3 is 0 Å². The van der Waals surface area contributed by atoms with Crippen molar-refractivity contribution < 1.29 is 13.6 Å². The maximum absolute atomic E-state index is 13.6. The van der Waals surface area contributed by atoms with Gasteiger partial charge in [0.15, 0.2) is 5.78 Å². The van der Waals surface area contributed by atoms with Gasteiger partial charge in [0.25, 0.3) is 0 Å². The standard InChI is InChI=1S/C16H22F2N2O/c1-3-20-9-5-6-12(20)10-19(2)11-15(21)16-13(17)7-4-8-14(16)18/h4,7-8,12H,3,5-6,9-11H2,1-2H3. The summed E-state index contributed by atoms with van der Waals surface area (Å²) in [5.41, 5.74) is -0.428. The topological polar surface area (TPSA) is 23.6 Å². The van der Waals surface area contributed by atoms with E-state index in [9.17, 15) is 13.6 Å². The molecule has 0 amide bonds. The zero-order valence-electron chi connectivity index (χ0n) is 12.6. The zero-order valence-corrected chi connectivity index (χ0v) is 12.6. The SMILES string of the molecule is CCN1CCCC1CN(C)CC(=O)c1c(F)cccc1F. The monoisotopic (exact) mass is 296 g/mol. The Labute approximate surface area is 124 Å². The molecule has 0 N–H and O–H groups in total. The Kier molecular flexibility index (Phi) is 5.42. The molecule has 1 atom stereocenters. The van der Waals surface area contributed by atoms with E-state index in [4.69, 9.17) is 0 Å². The first-order valence-electron chi connectivity index (χ1n) is 7.42. The molecule has 0 aliphatic carbocycles. The Morgan fingerprint density at radius 1 is 1.38 bits per heavy atom. The van der Waals surface area contributed by atoms with Gasteiger partial charge in [-0.2, -0.15) is 0 Å². The largest absolute Gasteiger partial charge is 0.299 e. The smallest absolute Gasteiger partial charge is 0.182 e. The molecule has 1 aliphatic heterocycles. The molecule has 1 fully saturated rings. The molecule has 0 saturated carbocycles. The van der Waals surface area contributed by atoms with Crippen LogP contribution >= 0.6 is 0 Å². The number of halogens is 2. The predicted octanol–water partition coefficient (Wildman–Crippen LogP) is 2.56. The fraction of sp³-hybridized carbons (Fsp3) is 0.562. The highest BCUT2D eigenvalue weighted by molar-refractivity contribution is 5.98. The van der Waals surface area contributed by atoms with Crippen molar-refractivity contribution in [2.24, 2.45) is 0 Å². The molecule has 1 aromatic carbocycles. The highest BCUT2D eigenvalue weighted by Crippen LogP contribution is 2.18. The molecule has 2 rings (SSSR count). The molecule has 3 nitrogen and oxygen atoms in total. The minimum Gasteiger partial charge on any atom is -0.299 e. The second kappa shape index (κ2) is 7.09. The highest BCUT2D eigenvalue weighted by atomic mass is 19.1. The Morgan fingerprint density at radius 2 is 2.05 bits per heavy atom. The Balaban J connectivity index is 1.96. The van der Waals surface area contributed by atoms with Crippen LogP contribution in [0.2, 0.25) is 0 Å². The van der Waals surface area contributed by atoms with Crippen molar-refractivity contribution in [1.82, 2.24) is 9.80 Å². The Bertz CT molecular complexity index is 487. The van der Waals surface area contributed by atoms with Crippen LogP contribution in [-0.4, -0.2) is 54.9 Å². The van der Waals surface area contributed by atoms with Crippen LogP contribution < -0.4 is 0 Å². The number of carbonyl (C=O) groups excluding carboxylic acids is 1. The molecular formula is C16H22F2N2O. The molecule has 0 spiro atoms. The van der Waals surface area contributed by atoms with Gasteiger partial charge in [0.05, 0.1) is 12.1 Å². The Hall–Kier alpha value is -1.33. The fourth-order valence-electron chi connectivity index (χ4n) is 3.03.